The smallest absolute Gasteiger partial charge is 0.323 e. The molecule has 1 heterocycles. The second kappa shape index (κ2) is 9.23. The fraction of sp³-hybridized carbons (Fsp3) is 0.333. The van der Waals surface area contributed by atoms with E-state index >= 15 is 0 Å². The third kappa shape index (κ3) is 5.01. The van der Waals surface area contributed by atoms with Crippen molar-refractivity contribution in [2.75, 3.05) is 30.9 Å². The van der Waals surface area contributed by atoms with Gasteiger partial charge in [-0.2, -0.15) is 0 Å². The molecule has 3 rings (SSSR count). The molecule has 7 heteroatoms. The number of methoxy groups -OCH3 is 1. The highest BCUT2D eigenvalue weighted by molar-refractivity contribution is 5.99. The lowest BCUT2D eigenvalue weighted by molar-refractivity contribution is -0.137. The monoisotopic (exact) mass is 383 g/mol. The van der Waals surface area contributed by atoms with Crippen LogP contribution in [0, 0.1) is 0 Å². The van der Waals surface area contributed by atoms with Gasteiger partial charge in [-0.05, 0) is 43.7 Å². The number of carbonyl (C=O) groups is 2. The molecule has 0 saturated heterocycles. The summed E-state index contributed by atoms with van der Waals surface area (Å²) in [6.45, 7) is 3.36. The predicted molar refractivity (Wildman–Crippen MR) is 108 cm³/mol. The molecule has 2 N–H and O–H groups in total. The van der Waals surface area contributed by atoms with Crippen molar-refractivity contribution in [1.29, 1.82) is 0 Å². The van der Waals surface area contributed by atoms with Crippen LogP contribution in [-0.2, 0) is 16.1 Å². The topological polar surface area (TPSA) is 79.9 Å². The van der Waals surface area contributed by atoms with Gasteiger partial charge in [0.25, 0.3) is 5.91 Å². The van der Waals surface area contributed by atoms with Gasteiger partial charge in [0, 0.05) is 43.7 Å². The van der Waals surface area contributed by atoms with E-state index < -0.39 is 6.10 Å². The van der Waals surface area contributed by atoms with Gasteiger partial charge in [0.1, 0.15) is 5.75 Å². The van der Waals surface area contributed by atoms with Crippen molar-refractivity contribution in [2.45, 2.75) is 26.0 Å². The van der Waals surface area contributed by atoms with Crippen LogP contribution in [0.2, 0.25) is 0 Å². The first-order valence-corrected chi connectivity index (χ1v) is 9.27. The van der Waals surface area contributed by atoms with Crippen molar-refractivity contribution in [3.8, 4) is 5.75 Å². The van der Waals surface area contributed by atoms with Gasteiger partial charge in [0.15, 0.2) is 6.10 Å². The first kappa shape index (κ1) is 19.7. The molecule has 1 atom stereocenters. The zero-order valence-corrected chi connectivity index (χ0v) is 16.1. The molecule has 148 valence electrons. The van der Waals surface area contributed by atoms with Crippen molar-refractivity contribution in [3.63, 3.8) is 0 Å². The van der Waals surface area contributed by atoms with Gasteiger partial charge in [-0.3, -0.25) is 4.79 Å². The summed E-state index contributed by atoms with van der Waals surface area (Å²) in [6, 6.07) is 14.3. The fourth-order valence-electron chi connectivity index (χ4n) is 3.08. The van der Waals surface area contributed by atoms with Crippen molar-refractivity contribution in [2.24, 2.45) is 0 Å². The van der Waals surface area contributed by atoms with E-state index in [0.717, 1.165) is 12.0 Å². The third-order valence-electron chi connectivity index (χ3n) is 4.45. The van der Waals surface area contributed by atoms with Crippen molar-refractivity contribution in [3.05, 3.63) is 54.1 Å². The number of urea groups is 1. The molecule has 28 heavy (non-hydrogen) atoms. The molecule has 2 aromatic carbocycles. The highest BCUT2D eigenvalue weighted by Crippen LogP contribution is 2.28. The molecule has 1 aliphatic heterocycles. The molecule has 1 unspecified atom stereocenters. The Hall–Kier alpha value is -3.06. The Balaban J connectivity index is 1.71. The Morgan fingerprint density at radius 3 is 2.68 bits per heavy atom. The Morgan fingerprint density at radius 1 is 1.18 bits per heavy atom. The second-order valence-electron chi connectivity index (χ2n) is 6.63. The standard InChI is InChI=1S/C21H25N3O4/c1-15-20(25)24(11-6-12-27-2)14-16-13-18(9-10-19(16)28-15)23-21(26)22-17-7-4-3-5-8-17/h3-5,7-10,13,15H,6,11-12,14H2,1-2H3,(H2,22,23,26). The molecule has 2 aromatic rings. The number of hydrogen-bond acceptors (Lipinski definition) is 4. The Bertz CT molecular complexity index is 826. The third-order valence-corrected chi connectivity index (χ3v) is 4.45. The molecule has 0 aromatic heterocycles. The molecule has 0 aliphatic carbocycles. The number of nitrogens with zero attached hydrogens (tertiary/aromatic N) is 1. The maximum absolute atomic E-state index is 12.6. The van der Waals surface area contributed by atoms with Gasteiger partial charge in [-0.25, -0.2) is 4.79 Å². The molecule has 0 saturated carbocycles. The lowest BCUT2D eigenvalue weighted by Crippen LogP contribution is -2.38. The summed E-state index contributed by atoms with van der Waals surface area (Å²) in [5, 5.41) is 5.60. The van der Waals surface area contributed by atoms with E-state index in [1.807, 2.05) is 36.4 Å². The fourth-order valence-corrected chi connectivity index (χ4v) is 3.08. The number of hydrogen-bond donors (Lipinski definition) is 2. The Kier molecular flexibility index (Phi) is 6.49. The Morgan fingerprint density at radius 2 is 1.93 bits per heavy atom. The Labute approximate surface area is 164 Å². The van der Waals surface area contributed by atoms with E-state index in [1.165, 1.54) is 0 Å². The number of nitrogens with one attached hydrogen (secondary N) is 2. The van der Waals surface area contributed by atoms with Crippen LogP contribution >= 0.6 is 0 Å². The van der Waals surface area contributed by atoms with Gasteiger partial charge < -0.3 is 25.0 Å². The summed E-state index contributed by atoms with van der Waals surface area (Å²) in [6.07, 6.45) is 0.200. The van der Waals surface area contributed by atoms with Gasteiger partial charge in [0.05, 0.1) is 0 Å². The minimum atomic E-state index is -0.552. The van der Waals surface area contributed by atoms with Crippen LogP contribution in [0.4, 0.5) is 16.2 Å². The average molecular weight is 383 g/mol. The van der Waals surface area contributed by atoms with Gasteiger partial charge in [-0.15, -0.1) is 0 Å². The van der Waals surface area contributed by atoms with E-state index in [-0.39, 0.29) is 11.9 Å². The van der Waals surface area contributed by atoms with Crippen LogP contribution in [0.25, 0.3) is 0 Å². The van der Waals surface area contributed by atoms with Crippen LogP contribution in [0.5, 0.6) is 5.75 Å². The number of benzene rings is 2. The molecular formula is C21H25N3O4. The summed E-state index contributed by atoms with van der Waals surface area (Å²) in [5.41, 5.74) is 2.20. The molecule has 1 aliphatic rings. The van der Waals surface area contributed by atoms with Gasteiger partial charge >= 0.3 is 6.03 Å². The average Bonchev–Trinajstić information content (AvgIpc) is 2.80. The molecular weight excluding hydrogens is 358 g/mol. The summed E-state index contributed by atoms with van der Waals surface area (Å²) in [5.74, 6) is 0.604. The minimum Gasteiger partial charge on any atom is -0.481 e. The summed E-state index contributed by atoms with van der Waals surface area (Å²) < 4.78 is 10.9. The van der Waals surface area contributed by atoms with Crippen molar-refractivity contribution >= 4 is 23.3 Å². The van der Waals surface area contributed by atoms with E-state index in [4.69, 9.17) is 9.47 Å². The highest BCUT2D eigenvalue weighted by atomic mass is 16.5. The van der Waals surface area contributed by atoms with Crippen molar-refractivity contribution < 1.29 is 19.1 Å². The SMILES string of the molecule is COCCCN1Cc2cc(NC(=O)Nc3ccccc3)ccc2OC(C)C1=O. The summed E-state index contributed by atoms with van der Waals surface area (Å²) >= 11 is 0. The van der Waals surface area contributed by atoms with Crippen molar-refractivity contribution in [1.82, 2.24) is 4.90 Å². The number of fused-ring (bicyclic) bond motifs is 1. The molecule has 0 spiro atoms. The summed E-state index contributed by atoms with van der Waals surface area (Å²) in [7, 11) is 1.64. The zero-order chi connectivity index (χ0) is 19.9. The zero-order valence-electron chi connectivity index (χ0n) is 16.1. The van der Waals surface area contributed by atoms with Gasteiger partial charge in [-0.1, -0.05) is 18.2 Å². The lowest BCUT2D eigenvalue weighted by Gasteiger charge is -2.22. The maximum atomic E-state index is 12.6. The maximum Gasteiger partial charge on any atom is 0.323 e. The molecule has 0 radical (unpaired) electrons. The highest BCUT2D eigenvalue weighted by Gasteiger charge is 2.27. The molecule has 3 amide bonds. The first-order valence-electron chi connectivity index (χ1n) is 9.27. The van der Waals surface area contributed by atoms with E-state index in [1.54, 1.807) is 31.1 Å². The van der Waals surface area contributed by atoms with Crippen LogP contribution in [0.15, 0.2) is 48.5 Å². The number of carbonyl (C=O) groups excluding carboxylic acids is 2. The number of ether oxygens (including phenoxy) is 2. The minimum absolute atomic E-state index is 0.0522. The number of anilines is 2. The van der Waals surface area contributed by atoms with Crippen LogP contribution in [-0.4, -0.2) is 43.2 Å². The van der Waals surface area contributed by atoms with Crippen LogP contribution < -0.4 is 15.4 Å². The molecule has 0 bridgehead atoms. The van der Waals surface area contributed by atoms with Crippen LogP contribution in [0.1, 0.15) is 18.9 Å². The van der Waals surface area contributed by atoms with E-state index in [2.05, 4.69) is 10.6 Å². The lowest BCUT2D eigenvalue weighted by atomic mass is 10.1. The van der Waals surface area contributed by atoms with Crippen LogP contribution in [0.3, 0.4) is 0 Å². The predicted octanol–water partition coefficient (Wildman–Crippen LogP) is 3.48. The van der Waals surface area contributed by atoms with E-state index in [0.29, 0.717) is 36.8 Å². The quantitative estimate of drug-likeness (QED) is 0.749. The van der Waals surface area contributed by atoms with Gasteiger partial charge in [0.2, 0.25) is 0 Å². The molecule has 7 nitrogen and oxygen atoms in total. The summed E-state index contributed by atoms with van der Waals surface area (Å²) in [4.78, 5) is 26.6. The molecule has 0 fully saturated rings. The largest absolute Gasteiger partial charge is 0.481 e. The number of rotatable bonds is 6. The second-order valence-corrected chi connectivity index (χ2v) is 6.63. The normalized spacial score (nSPS) is 16.0. The van der Waals surface area contributed by atoms with E-state index in [9.17, 15) is 9.59 Å². The number of amides is 3. The number of para-hydroxylation sites is 1. The first-order chi connectivity index (χ1) is 13.6.